The van der Waals surface area contributed by atoms with Crippen molar-refractivity contribution >= 4 is 39.5 Å². The molecule has 0 bridgehead atoms. The minimum atomic E-state index is -1.12. The molecule has 0 aliphatic carbocycles. The van der Waals surface area contributed by atoms with Crippen LogP contribution in [0, 0.1) is 12.8 Å². The van der Waals surface area contributed by atoms with Gasteiger partial charge in [0.2, 0.25) is 0 Å². The van der Waals surface area contributed by atoms with Crippen molar-refractivity contribution in [2.75, 3.05) is 13.1 Å². The second kappa shape index (κ2) is 8.47. The van der Waals surface area contributed by atoms with Crippen LogP contribution in [-0.2, 0) is 10.3 Å². The largest absolute Gasteiger partial charge is 0.339 e. The van der Waals surface area contributed by atoms with Crippen molar-refractivity contribution < 1.29 is 14.4 Å². The zero-order valence-corrected chi connectivity index (χ0v) is 20.2. The van der Waals surface area contributed by atoms with Crippen LogP contribution in [0.5, 0.6) is 0 Å². The Bertz CT molecular complexity index is 1280. The van der Waals surface area contributed by atoms with E-state index in [0.29, 0.717) is 30.1 Å². The Labute approximate surface area is 201 Å². The number of benzene rings is 1. The summed E-state index contributed by atoms with van der Waals surface area (Å²) < 4.78 is 1.11. The fraction of sp³-hybridized carbons (Fsp3) is 0.400. The maximum atomic E-state index is 13.1. The number of hydrogen-bond donors (Lipinski definition) is 2. The Morgan fingerprint density at radius 1 is 1.18 bits per heavy atom. The van der Waals surface area contributed by atoms with E-state index in [1.165, 1.54) is 0 Å². The molecule has 2 fully saturated rings. The van der Waals surface area contributed by atoms with Gasteiger partial charge in [-0.05, 0) is 55.0 Å². The number of imide groups is 1. The molecule has 0 saturated carbocycles. The van der Waals surface area contributed by atoms with Gasteiger partial charge in [0.1, 0.15) is 5.54 Å². The predicted octanol–water partition coefficient (Wildman–Crippen LogP) is 3.71. The Morgan fingerprint density at radius 2 is 1.88 bits per heavy atom. The molecule has 176 valence electrons. The molecule has 9 heteroatoms. The highest BCUT2D eigenvalue weighted by Crippen LogP contribution is 2.35. The van der Waals surface area contributed by atoms with Crippen LogP contribution in [0.15, 0.2) is 36.5 Å². The third-order valence-corrected chi connectivity index (χ3v) is 8.03. The number of fused-ring (bicyclic) bond motifs is 1. The number of hydrogen-bond acceptors (Lipinski definition) is 6. The number of urea groups is 1. The molecule has 8 nitrogen and oxygen atoms in total. The number of aryl methyl sites for hydroxylation is 1. The standard InChI is InChI=1S/C25H27N5O3S/c1-14(2)25(23(32)28-24(33)29-25)18-6-4-17(5-7-18)22(31)30-10-8-16(9-11-30)21-27-20-19(34-21)12-15(3)13-26-20/h4-7,12-14,16H,8-11H2,1-3H3,(H2,28,29,32,33)/t25-/m1/s1. The van der Waals surface area contributed by atoms with Crippen LogP contribution in [0.3, 0.4) is 0 Å². The van der Waals surface area contributed by atoms with E-state index in [4.69, 9.17) is 4.98 Å². The van der Waals surface area contributed by atoms with Gasteiger partial charge in [0.15, 0.2) is 5.65 Å². The lowest BCUT2D eigenvalue weighted by Crippen LogP contribution is -2.48. The van der Waals surface area contributed by atoms with Crippen LogP contribution >= 0.6 is 11.3 Å². The maximum absolute atomic E-state index is 13.1. The number of nitrogens with one attached hydrogen (secondary N) is 2. The maximum Gasteiger partial charge on any atom is 0.322 e. The Kier molecular flexibility index (Phi) is 5.59. The van der Waals surface area contributed by atoms with Gasteiger partial charge in [-0.25, -0.2) is 14.8 Å². The van der Waals surface area contributed by atoms with Crippen molar-refractivity contribution in [1.82, 2.24) is 25.5 Å². The summed E-state index contributed by atoms with van der Waals surface area (Å²) in [6.07, 6.45) is 3.57. The quantitative estimate of drug-likeness (QED) is 0.558. The first-order valence-corrected chi connectivity index (χ1v) is 12.4. The molecule has 0 unspecified atom stereocenters. The van der Waals surface area contributed by atoms with Crippen LogP contribution in [0.25, 0.3) is 10.3 Å². The first-order chi connectivity index (χ1) is 16.3. The van der Waals surface area contributed by atoms with Crippen molar-refractivity contribution in [2.24, 2.45) is 5.92 Å². The average molecular weight is 478 g/mol. The summed E-state index contributed by atoms with van der Waals surface area (Å²) in [5.74, 6) is -0.207. The number of amides is 4. The lowest BCUT2D eigenvalue weighted by Gasteiger charge is -2.32. The van der Waals surface area contributed by atoms with Gasteiger partial charge in [-0.1, -0.05) is 26.0 Å². The third kappa shape index (κ3) is 3.73. The molecule has 4 amide bonds. The second-order valence-corrected chi connectivity index (χ2v) is 10.5. The Morgan fingerprint density at radius 3 is 2.50 bits per heavy atom. The van der Waals surface area contributed by atoms with Crippen molar-refractivity contribution in [3.8, 4) is 0 Å². The molecule has 5 rings (SSSR count). The van der Waals surface area contributed by atoms with Crippen molar-refractivity contribution in [2.45, 2.75) is 45.1 Å². The van der Waals surface area contributed by atoms with Crippen LogP contribution in [0.4, 0.5) is 4.79 Å². The number of nitrogens with zero attached hydrogens (tertiary/aromatic N) is 3. The van der Waals surface area contributed by atoms with E-state index < -0.39 is 11.6 Å². The molecule has 2 saturated heterocycles. The van der Waals surface area contributed by atoms with Gasteiger partial charge in [0, 0.05) is 30.8 Å². The molecule has 3 aromatic rings. The molecule has 4 heterocycles. The van der Waals surface area contributed by atoms with E-state index in [1.54, 1.807) is 35.6 Å². The molecular weight excluding hydrogens is 450 g/mol. The van der Waals surface area contributed by atoms with Crippen LogP contribution in [-0.4, -0.2) is 45.8 Å². The Hall–Kier alpha value is -3.33. The lowest BCUT2D eigenvalue weighted by atomic mass is 9.79. The monoisotopic (exact) mass is 477 g/mol. The van der Waals surface area contributed by atoms with E-state index >= 15 is 0 Å². The van der Waals surface area contributed by atoms with Gasteiger partial charge in [0.05, 0.1) is 9.71 Å². The summed E-state index contributed by atoms with van der Waals surface area (Å²) in [4.78, 5) is 48.5. The number of thiazole rings is 1. The molecule has 2 aromatic heterocycles. The molecule has 2 aliphatic heterocycles. The summed E-state index contributed by atoms with van der Waals surface area (Å²) >= 11 is 1.70. The lowest BCUT2D eigenvalue weighted by molar-refractivity contribution is -0.125. The molecule has 34 heavy (non-hydrogen) atoms. The first kappa shape index (κ1) is 22.5. The Balaban J connectivity index is 1.27. The number of rotatable bonds is 4. The summed E-state index contributed by atoms with van der Waals surface area (Å²) in [5, 5.41) is 6.20. The molecule has 2 N–H and O–H groups in total. The van der Waals surface area contributed by atoms with Crippen LogP contribution in [0.1, 0.15) is 59.1 Å². The number of pyridine rings is 1. The minimum absolute atomic E-state index is 0.0231. The molecule has 0 spiro atoms. The van der Waals surface area contributed by atoms with Gasteiger partial charge in [0.25, 0.3) is 11.8 Å². The zero-order valence-electron chi connectivity index (χ0n) is 19.4. The summed E-state index contributed by atoms with van der Waals surface area (Å²) in [6, 6.07) is 8.64. The SMILES string of the molecule is Cc1cnc2nc(C3CCN(C(=O)c4ccc([C@@]5(C(C)C)NC(=O)NC5=O)cc4)CC3)sc2c1. The highest BCUT2D eigenvalue weighted by atomic mass is 32.1. The average Bonchev–Trinajstić information content (AvgIpc) is 3.39. The molecule has 1 aromatic carbocycles. The van der Waals surface area contributed by atoms with Crippen molar-refractivity contribution in [3.05, 3.63) is 58.2 Å². The van der Waals surface area contributed by atoms with E-state index in [0.717, 1.165) is 33.8 Å². The van der Waals surface area contributed by atoms with E-state index in [1.807, 2.05) is 31.9 Å². The summed E-state index contributed by atoms with van der Waals surface area (Å²) in [6.45, 7) is 7.14. The van der Waals surface area contributed by atoms with Gasteiger partial charge in [-0.2, -0.15) is 0 Å². The van der Waals surface area contributed by atoms with E-state index in [-0.39, 0.29) is 17.7 Å². The summed E-state index contributed by atoms with van der Waals surface area (Å²) in [7, 11) is 0. The highest BCUT2D eigenvalue weighted by molar-refractivity contribution is 7.18. The molecule has 0 radical (unpaired) electrons. The number of likely N-dealkylation sites (tertiary alicyclic amines) is 1. The fourth-order valence-corrected chi connectivity index (χ4v) is 6.10. The fourth-order valence-electron chi connectivity index (χ4n) is 4.91. The first-order valence-electron chi connectivity index (χ1n) is 11.5. The van der Waals surface area contributed by atoms with Gasteiger partial charge in [-0.15, -0.1) is 11.3 Å². The van der Waals surface area contributed by atoms with Crippen LogP contribution in [0.2, 0.25) is 0 Å². The van der Waals surface area contributed by atoms with Crippen molar-refractivity contribution in [3.63, 3.8) is 0 Å². The van der Waals surface area contributed by atoms with Gasteiger partial charge in [-0.3, -0.25) is 14.9 Å². The van der Waals surface area contributed by atoms with E-state index in [2.05, 4.69) is 21.7 Å². The second-order valence-electron chi connectivity index (χ2n) is 9.40. The minimum Gasteiger partial charge on any atom is -0.339 e. The van der Waals surface area contributed by atoms with Gasteiger partial charge < -0.3 is 10.2 Å². The molecular formula is C25H27N5O3S. The smallest absolute Gasteiger partial charge is 0.322 e. The number of aromatic nitrogens is 2. The predicted molar refractivity (Wildman–Crippen MR) is 130 cm³/mol. The number of carbonyl (C=O) groups excluding carboxylic acids is 3. The normalized spacial score (nSPS) is 21.2. The molecule has 1 atom stereocenters. The third-order valence-electron chi connectivity index (χ3n) is 6.88. The summed E-state index contributed by atoms with van der Waals surface area (Å²) in [5.41, 5.74) is 2.05. The zero-order chi connectivity index (χ0) is 24.0. The molecule has 2 aliphatic rings. The topological polar surface area (TPSA) is 104 Å². The van der Waals surface area contributed by atoms with Crippen LogP contribution < -0.4 is 10.6 Å². The highest BCUT2D eigenvalue weighted by Gasteiger charge is 2.50. The number of carbonyl (C=O) groups is 3. The van der Waals surface area contributed by atoms with Crippen molar-refractivity contribution in [1.29, 1.82) is 0 Å². The number of piperidine rings is 1. The van der Waals surface area contributed by atoms with E-state index in [9.17, 15) is 14.4 Å². The van der Waals surface area contributed by atoms with Gasteiger partial charge >= 0.3 is 6.03 Å².